The fourth-order valence-electron chi connectivity index (χ4n) is 1.52. The number of urea groups is 1. The molecule has 1 aromatic rings. The van der Waals surface area contributed by atoms with E-state index in [9.17, 15) is 9.59 Å². The first-order chi connectivity index (χ1) is 8.93. The molecule has 0 fully saturated rings. The summed E-state index contributed by atoms with van der Waals surface area (Å²) in [7, 11) is 0. The first-order valence-electron chi connectivity index (χ1n) is 5.79. The number of rotatable bonds is 5. The lowest BCUT2D eigenvalue weighted by Gasteiger charge is -2.14. The summed E-state index contributed by atoms with van der Waals surface area (Å²) in [5, 5.41) is 22.4. The molecule has 0 aromatic carbocycles. The van der Waals surface area contributed by atoms with E-state index < -0.39 is 18.0 Å². The van der Waals surface area contributed by atoms with Crippen LogP contribution in [0.5, 0.6) is 0 Å². The van der Waals surface area contributed by atoms with Gasteiger partial charge in [-0.15, -0.1) is 0 Å². The van der Waals surface area contributed by atoms with E-state index >= 15 is 0 Å². The van der Waals surface area contributed by atoms with Crippen LogP contribution in [-0.2, 0) is 4.79 Å². The molecular weight excluding hydrogens is 250 g/mol. The quantitative estimate of drug-likeness (QED) is 0.626. The third-order valence-electron chi connectivity index (χ3n) is 2.49. The van der Waals surface area contributed by atoms with Gasteiger partial charge in [0.1, 0.15) is 6.04 Å². The van der Waals surface area contributed by atoms with Gasteiger partial charge in [-0.2, -0.15) is 0 Å². The number of carboxylic acid groups (broad SMARTS) is 1. The molecule has 0 spiro atoms. The number of aromatic nitrogens is 1. The summed E-state index contributed by atoms with van der Waals surface area (Å²) in [4.78, 5) is 26.6. The second-order valence-corrected chi connectivity index (χ2v) is 4.09. The topological polar surface area (TPSA) is 112 Å². The zero-order chi connectivity index (χ0) is 14.4. The van der Waals surface area contributed by atoms with Crippen LogP contribution in [-0.4, -0.2) is 39.8 Å². The van der Waals surface area contributed by atoms with Gasteiger partial charge in [0.2, 0.25) is 0 Å². The Labute approximate surface area is 110 Å². The maximum atomic E-state index is 11.6. The van der Waals surface area contributed by atoms with Gasteiger partial charge >= 0.3 is 12.0 Å². The van der Waals surface area contributed by atoms with Crippen LogP contribution in [0, 0.1) is 13.8 Å². The Kier molecular flexibility index (Phi) is 5.25. The highest BCUT2D eigenvalue weighted by Crippen LogP contribution is 2.12. The Bertz CT molecular complexity index is 476. The van der Waals surface area contributed by atoms with Crippen molar-refractivity contribution in [3.8, 4) is 0 Å². The van der Waals surface area contributed by atoms with E-state index in [0.717, 1.165) is 5.69 Å². The molecule has 7 heteroatoms. The molecule has 4 N–H and O–H groups in total. The molecule has 1 rings (SSSR count). The smallest absolute Gasteiger partial charge is 0.326 e. The van der Waals surface area contributed by atoms with Crippen LogP contribution in [0.3, 0.4) is 0 Å². The van der Waals surface area contributed by atoms with E-state index in [1.807, 2.05) is 6.92 Å². The van der Waals surface area contributed by atoms with E-state index in [-0.39, 0.29) is 13.0 Å². The average molecular weight is 267 g/mol. The van der Waals surface area contributed by atoms with Crippen LogP contribution < -0.4 is 10.6 Å². The number of hydrogen-bond donors (Lipinski definition) is 4. The normalized spacial score (nSPS) is 11.7. The molecule has 0 saturated heterocycles. The van der Waals surface area contributed by atoms with Crippen molar-refractivity contribution in [2.24, 2.45) is 0 Å². The van der Waals surface area contributed by atoms with Gasteiger partial charge in [0.15, 0.2) is 0 Å². The lowest BCUT2D eigenvalue weighted by Crippen LogP contribution is -2.43. The molecule has 1 aromatic heterocycles. The van der Waals surface area contributed by atoms with Crippen LogP contribution in [0.15, 0.2) is 12.1 Å². The van der Waals surface area contributed by atoms with E-state index in [4.69, 9.17) is 10.2 Å². The molecule has 2 amide bonds. The van der Waals surface area contributed by atoms with Crippen LogP contribution in [0.25, 0.3) is 0 Å². The molecule has 0 bridgehead atoms. The minimum absolute atomic E-state index is 0.0477. The third-order valence-corrected chi connectivity index (χ3v) is 2.49. The number of nitrogens with one attached hydrogen (secondary N) is 2. The van der Waals surface area contributed by atoms with E-state index in [2.05, 4.69) is 15.6 Å². The van der Waals surface area contributed by atoms with Gasteiger partial charge in [0.05, 0.1) is 11.4 Å². The maximum Gasteiger partial charge on any atom is 0.326 e. The van der Waals surface area contributed by atoms with Crippen molar-refractivity contribution in [1.82, 2.24) is 10.3 Å². The minimum atomic E-state index is -1.19. The van der Waals surface area contributed by atoms with Gasteiger partial charge in [0.25, 0.3) is 0 Å². The number of hydrogen-bond acceptors (Lipinski definition) is 4. The van der Waals surface area contributed by atoms with Crippen LogP contribution in [0.1, 0.15) is 17.8 Å². The van der Waals surface area contributed by atoms with Crippen molar-refractivity contribution in [2.75, 3.05) is 11.9 Å². The number of amides is 2. The van der Waals surface area contributed by atoms with Crippen LogP contribution in [0.4, 0.5) is 10.5 Å². The molecule has 104 valence electrons. The number of carboxylic acids is 1. The average Bonchev–Trinajstić information content (AvgIpc) is 2.32. The van der Waals surface area contributed by atoms with Crippen molar-refractivity contribution in [1.29, 1.82) is 0 Å². The number of aliphatic carboxylic acids is 1. The van der Waals surface area contributed by atoms with Crippen molar-refractivity contribution >= 4 is 17.7 Å². The predicted molar refractivity (Wildman–Crippen MR) is 69.0 cm³/mol. The molecule has 1 heterocycles. The van der Waals surface area contributed by atoms with Crippen LogP contribution in [0.2, 0.25) is 0 Å². The minimum Gasteiger partial charge on any atom is -0.480 e. The summed E-state index contributed by atoms with van der Waals surface area (Å²) < 4.78 is 0. The molecular formula is C12H17N3O4. The zero-order valence-electron chi connectivity index (χ0n) is 10.8. The molecule has 0 aliphatic carbocycles. The Hall–Kier alpha value is -2.15. The van der Waals surface area contributed by atoms with Gasteiger partial charge in [-0.25, -0.2) is 9.59 Å². The van der Waals surface area contributed by atoms with Crippen molar-refractivity contribution in [3.63, 3.8) is 0 Å². The van der Waals surface area contributed by atoms with Crippen LogP contribution >= 0.6 is 0 Å². The number of anilines is 1. The Morgan fingerprint density at radius 1 is 1.37 bits per heavy atom. The van der Waals surface area contributed by atoms with E-state index in [1.54, 1.807) is 19.1 Å². The highest BCUT2D eigenvalue weighted by molar-refractivity contribution is 5.92. The highest BCUT2D eigenvalue weighted by Gasteiger charge is 2.19. The van der Waals surface area contributed by atoms with Gasteiger partial charge in [0, 0.05) is 18.7 Å². The predicted octanol–water partition coefficient (Wildman–Crippen LogP) is 0.656. The number of carbonyl (C=O) groups excluding carboxylic acids is 1. The molecule has 0 radical (unpaired) electrons. The second-order valence-electron chi connectivity index (χ2n) is 4.09. The number of carbonyl (C=O) groups is 2. The summed E-state index contributed by atoms with van der Waals surface area (Å²) in [6.45, 7) is 3.26. The molecule has 7 nitrogen and oxygen atoms in total. The Balaban J connectivity index is 2.66. The number of aliphatic hydroxyl groups is 1. The summed E-state index contributed by atoms with van der Waals surface area (Å²) in [6, 6.07) is 1.67. The van der Waals surface area contributed by atoms with Crippen molar-refractivity contribution < 1.29 is 19.8 Å². The molecule has 0 aliphatic heterocycles. The summed E-state index contributed by atoms with van der Waals surface area (Å²) in [5.74, 6) is -1.19. The highest BCUT2D eigenvalue weighted by atomic mass is 16.4. The zero-order valence-corrected chi connectivity index (χ0v) is 10.8. The Morgan fingerprint density at radius 3 is 2.58 bits per heavy atom. The molecule has 0 unspecified atom stereocenters. The van der Waals surface area contributed by atoms with Gasteiger partial charge < -0.3 is 20.8 Å². The molecule has 1 atom stereocenters. The van der Waals surface area contributed by atoms with Crippen molar-refractivity contribution in [3.05, 3.63) is 23.5 Å². The lowest BCUT2D eigenvalue weighted by molar-refractivity contribution is -0.139. The summed E-state index contributed by atoms with van der Waals surface area (Å²) >= 11 is 0. The van der Waals surface area contributed by atoms with Gasteiger partial charge in [-0.3, -0.25) is 4.98 Å². The number of aryl methyl sites for hydroxylation is 2. The number of nitrogens with zero attached hydrogens (tertiary/aromatic N) is 1. The molecule has 19 heavy (non-hydrogen) atoms. The van der Waals surface area contributed by atoms with Gasteiger partial charge in [-0.1, -0.05) is 0 Å². The summed E-state index contributed by atoms with van der Waals surface area (Å²) in [6.07, 6.45) is -0.0477. The fraction of sp³-hybridized carbons (Fsp3) is 0.417. The second kappa shape index (κ2) is 6.69. The Morgan fingerprint density at radius 2 is 2.05 bits per heavy atom. The third kappa shape index (κ3) is 4.55. The SMILES string of the molecule is Cc1ccc(NC(=O)N[C@H](CCO)C(=O)O)c(C)n1. The first kappa shape index (κ1) is 14.9. The largest absolute Gasteiger partial charge is 0.480 e. The van der Waals surface area contributed by atoms with Gasteiger partial charge in [-0.05, 0) is 26.0 Å². The van der Waals surface area contributed by atoms with E-state index in [0.29, 0.717) is 11.4 Å². The monoisotopic (exact) mass is 267 g/mol. The summed E-state index contributed by atoms with van der Waals surface area (Å²) in [5.41, 5.74) is 1.98. The molecule has 0 aliphatic rings. The molecule has 0 saturated carbocycles. The standard InChI is InChI=1S/C12H17N3O4/c1-7-3-4-9(8(2)13-7)14-12(19)15-10(5-6-16)11(17)18/h3-4,10,16H,5-6H2,1-2H3,(H,17,18)(H2,14,15,19)/t10-/m1/s1. The lowest BCUT2D eigenvalue weighted by atomic mass is 10.2. The number of aliphatic hydroxyl groups excluding tert-OH is 1. The van der Waals surface area contributed by atoms with Crippen molar-refractivity contribution in [2.45, 2.75) is 26.3 Å². The van der Waals surface area contributed by atoms with E-state index in [1.165, 1.54) is 0 Å². The number of pyridine rings is 1. The first-order valence-corrected chi connectivity index (χ1v) is 5.79. The fourth-order valence-corrected chi connectivity index (χ4v) is 1.52. The maximum absolute atomic E-state index is 11.6.